The summed E-state index contributed by atoms with van der Waals surface area (Å²) in [5.41, 5.74) is 0.369. The number of amides is 1. The number of carbonyl (C=O) groups excluding carboxylic acids is 1. The van der Waals surface area contributed by atoms with Crippen molar-refractivity contribution in [1.29, 1.82) is 0 Å². The number of hydrogen-bond donors (Lipinski definition) is 3. The van der Waals surface area contributed by atoms with Gasteiger partial charge in [-0.05, 0) is 68.4 Å². The van der Waals surface area contributed by atoms with Crippen molar-refractivity contribution < 1.29 is 15.0 Å². The number of hydrogen-bond acceptors (Lipinski definition) is 3. The Morgan fingerprint density at radius 2 is 1.57 bits per heavy atom. The van der Waals surface area contributed by atoms with Crippen molar-refractivity contribution in [2.75, 3.05) is 5.32 Å². The molecular weight excluding hydrogens is 266 g/mol. The summed E-state index contributed by atoms with van der Waals surface area (Å²) < 4.78 is 0. The Labute approximate surface area is 124 Å². The Kier molecular flexibility index (Phi) is 2.72. The van der Waals surface area contributed by atoms with E-state index in [1.807, 2.05) is 0 Å². The molecule has 0 atom stereocenters. The van der Waals surface area contributed by atoms with Gasteiger partial charge in [-0.2, -0.15) is 0 Å². The van der Waals surface area contributed by atoms with Gasteiger partial charge in [-0.15, -0.1) is 0 Å². The molecule has 4 bridgehead atoms. The van der Waals surface area contributed by atoms with Gasteiger partial charge < -0.3 is 15.5 Å². The van der Waals surface area contributed by atoms with Crippen LogP contribution in [0, 0.1) is 23.2 Å². The van der Waals surface area contributed by atoms with Crippen LogP contribution in [-0.2, 0) is 4.79 Å². The van der Waals surface area contributed by atoms with Crippen LogP contribution in [0.3, 0.4) is 0 Å². The molecule has 0 heterocycles. The molecule has 4 aliphatic carbocycles. The molecule has 4 saturated carbocycles. The maximum Gasteiger partial charge on any atom is 0.230 e. The molecule has 4 fully saturated rings. The predicted octanol–water partition coefficient (Wildman–Crippen LogP) is 3.25. The molecule has 0 saturated heterocycles. The lowest BCUT2D eigenvalue weighted by Gasteiger charge is -2.55. The Morgan fingerprint density at radius 1 is 1.00 bits per heavy atom. The molecule has 21 heavy (non-hydrogen) atoms. The first-order chi connectivity index (χ1) is 10.0. The molecule has 1 aromatic rings. The SMILES string of the molecule is O=C(Nc1ccc(O)c(O)c1)C12CC3CC(CC(C3)C1)C2. The number of carbonyl (C=O) groups is 1. The van der Waals surface area contributed by atoms with Crippen LogP contribution in [0.2, 0.25) is 0 Å². The first-order valence-electron chi connectivity index (χ1n) is 7.87. The minimum atomic E-state index is -0.196. The Hall–Kier alpha value is -1.71. The highest BCUT2D eigenvalue weighted by molar-refractivity contribution is 5.96. The largest absolute Gasteiger partial charge is 0.504 e. The quantitative estimate of drug-likeness (QED) is 0.577. The molecule has 4 nitrogen and oxygen atoms in total. The monoisotopic (exact) mass is 287 g/mol. The standard InChI is InChI=1S/C17H21NO3/c19-14-2-1-13(6-15(14)20)18-16(21)17-7-10-3-11(8-17)5-12(4-10)9-17/h1-2,6,10-12,19-20H,3-5,7-9H2,(H,18,21). The van der Waals surface area contributed by atoms with Crippen molar-refractivity contribution in [1.82, 2.24) is 0 Å². The summed E-state index contributed by atoms with van der Waals surface area (Å²) in [7, 11) is 0. The molecule has 1 amide bonds. The van der Waals surface area contributed by atoms with Crippen LogP contribution in [-0.4, -0.2) is 16.1 Å². The molecule has 0 unspecified atom stereocenters. The van der Waals surface area contributed by atoms with Gasteiger partial charge in [-0.25, -0.2) is 0 Å². The van der Waals surface area contributed by atoms with Gasteiger partial charge in [0.1, 0.15) is 0 Å². The van der Waals surface area contributed by atoms with Crippen molar-refractivity contribution in [3.63, 3.8) is 0 Å². The van der Waals surface area contributed by atoms with Crippen molar-refractivity contribution >= 4 is 11.6 Å². The van der Waals surface area contributed by atoms with Crippen LogP contribution >= 0.6 is 0 Å². The van der Waals surface area contributed by atoms with Crippen LogP contribution in [0.15, 0.2) is 18.2 Å². The highest BCUT2D eigenvalue weighted by Crippen LogP contribution is 2.60. The minimum Gasteiger partial charge on any atom is -0.504 e. The van der Waals surface area contributed by atoms with E-state index in [1.165, 1.54) is 31.4 Å². The molecule has 0 aliphatic heterocycles. The first-order valence-corrected chi connectivity index (χ1v) is 7.87. The third-order valence-corrected chi connectivity index (χ3v) is 5.75. The number of nitrogens with one attached hydrogen (secondary N) is 1. The van der Waals surface area contributed by atoms with Crippen LogP contribution in [0.25, 0.3) is 0 Å². The molecule has 0 radical (unpaired) electrons. The van der Waals surface area contributed by atoms with E-state index in [1.54, 1.807) is 6.07 Å². The van der Waals surface area contributed by atoms with Crippen molar-refractivity contribution in [3.05, 3.63) is 18.2 Å². The van der Waals surface area contributed by atoms with Gasteiger partial charge in [0.15, 0.2) is 11.5 Å². The van der Waals surface area contributed by atoms with E-state index in [-0.39, 0.29) is 22.8 Å². The summed E-state index contributed by atoms with van der Waals surface area (Å²) in [4.78, 5) is 12.8. The van der Waals surface area contributed by atoms with Crippen LogP contribution < -0.4 is 5.32 Å². The van der Waals surface area contributed by atoms with Gasteiger partial charge in [0, 0.05) is 11.8 Å². The summed E-state index contributed by atoms with van der Waals surface area (Å²) in [5, 5.41) is 21.8. The molecule has 112 valence electrons. The number of benzene rings is 1. The summed E-state index contributed by atoms with van der Waals surface area (Å²) in [6.07, 6.45) is 7.00. The smallest absolute Gasteiger partial charge is 0.230 e. The zero-order chi connectivity index (χ0) is 14.6. The lowest BCUT2D eigenvalue weighted by Crippen LogP contribution is -2.51. The fraction of sp³-hybridized carbons (Fsp3) is 0.588. The zero-order valence-corrected chi connectivity index (χ0v) is 12.0. The van der Waals surface area contributed by atoms with Crippen molar-refractivity contribution in [2.45, 2.75) is 38.5 Å². The minimum absolute atomic E-state index is 0.103. The van der Waals surface area contributed by atoms with Gasteiger partial charge in [0.05, 0.1) is 5.41 Å². The van der Waals surface area contributed by atoms with E-state index in [0.29, 0.717) is 5.69 Å². The number of anilines is 1. The third-order valence-electron chi connectivity index (χ3n) is 5.75. The molecule has 0 spiro atoms. The summed E-state index contributed by atoms with van der Waals surface area (Å²) in [6.45, 7) is 0. The second-order valence-electron chi connectivity index (χ2n) is 7.36. The maximum atomic E-state index is 12.8. The van der Waals surface area contributed by atoms with Gasteiger partial charge in [0.2, 0.25) is 5.91 Å². The van der Waals surface area contributed by atoms with Crippen LogP contribution in [0.1, 0.15) is 38.5 Å². The normalized spacial score (nSPS) is 36.7. The summed E-state index contributed by atoms with van der Waals surface area (Å²) >= 11 is 0. The van der Waals surface area contributed by atoms with E-state index < -0.39 is 0 Å². The van der Waals surface area contributed by atoms with Crippen LogP contribution in [0.4, 0.5) is 5.69 Å². The number of phenols is 2. The zero-order valence-electron chi connectivity index (χ0n) is 12.0. The molecule has 3 N–H and O–H groups in total. The highest BCUT2D eigenvalue weighted by atomic mass is 16.3. The maximum absolute atomic E-state index is 12.8. The van der Waals surface area contributed by atoms with Gasteiger partial charge in [-0.3, -0.25) is 4.79 Å². The molecular formula is C17H21NO3. The van der Waals surface area contributed by atoms with Gasteiger partial charge in [-0.1, -0.05) is 0 Å². The Balaban J connectivity index is 1.56. The fourth-order valence-corrected chi connectivity index (χ4v) is 5.25. The first kappa shape index (κ1) is 13.0. The van der Waals surface area contributed by atoms with E-state index in [2.05, 4.69) is 5.32 Å². The topological polar surface area (TPSA) is 69.6 Å². The second kappa shape index (κ2) is 4.39. The molecule has 4 heteroatoms. The van der Waals surface area contributed by atoms with Gasteiger partial charge >= 0.3 is 0 Å². The molecule has 1 aromatic carbocycles. The average molecular weight is 287 g/mol. The van der Waals surface area contributed by atoms with E-state index in [0.717, 1.165) is 37.0 Å². The molecule has 4 aliphatic rings. The predicted molar refractivity (Wildman–Crippen MR) is 79.0 cm³/mol. The number of rotatable bonds is 2. The van der Waals surface area contributed by atoms with Crippen LogP contribution in [0.5, 0.6) is 11.5 Å². The van der Waals surface area contributed by atoms with Crippen molar-refractivity contribution in [3.8, 4) is 11.5 Å². The number of phenolic OH excluding ortho intramolecular Hbond substituents is 2. The van der Waals surface area contributed by atoms with E-state index >= 15 is 0 Å². The average Bonchev–Trinajstić information content (AvgIpc) is 2.41. The molecule has 5 rings (SSSR count). The van der Waals surface area contributed by atoms with E-state index in [9.17, 15) is 15.0 Å². The van der Waals surface area contributed by atoms with Crippen molar-refractivity contribution in [2.24, 2.45) is 23.2 Å². The van der Waals surface area contributed by atoms with Gasteiger partial charge in [0.25, 0.3) is 0 Å². The highest BCUT2D eigenvalue weighted by Gasteiger charge is 2.54. The third kappa shape index (κ3) is 2.08. The summed E-state index contributed by atoms with van der Waals surface area (Å²) in [6, 6.07) is 4.45. The lowest BCUT2D eigenvalue weighted by molar-refractivity contribution is -0.140. The lowest BCUT2D eigenvalue weighted by atomic mass is 9.49. The second-order valence-corrected chi connectivity index (χ2v) is 7.36. The number of aromatic hydroxyl groups is 2. The fourth-order valence-electron chi connectivity index (χ4n) is 5.25. The summed E-state index contributed by atoms with van der Waals surface area (Å²) in [5.74, 6) is 1.94. The Bertz CT molecular complexity index is 560. The van der Waals surface area contributed by atoms with E-state index in [4.69, 9.17) is 0 Å². The Morgan fingerprint density at radius 3 is 2.10 bits per heavy atom. The molecule has 0 aromatic heterocycles.